The second-order valence-electron chi connectivity index (χ2n) is 5.59. The Kier molecular flexibility index (Phi) is 6.92. The largest absolute Gasteiger partial charge is 0.493 e. The lowest BCUT2D eigenvalue weighted by atomic mass is 10.1. The molecule has 0 aromatic heterocycles. The third-order valence-corrected chi connectivity index (χ3v) is 3.66. The molecule has 5 nitrogen and oxygen atoms in total. The predicted molar refractivity (Wildman–Crippen MR) is 99.4 cm³/mol. The monoisotopic (exact) mass is 381 g/mol. The highest BCUT2D eigenvalue weighted by molar-refractivity contribution is 5.93. The van der Waals surface area contributed by atoms with Crippen molar-refractivity contribution in [3.8, 4) is 11.5 Å². The molecule has 0 aliphatic rings. The summed E-state index contributed by atoms with van der Waals surface area (Å²) in [5, 5.41) is 6.16. The van der Waals surface area contributed by atoms with Crippen molar-refractivity contribution < 1.29 is 22.6 Å². The lowest BCUT2D eigenvalue weighted by Gasteiger charge is -2.14. The van der Waals surface area contributed by atoms with Gasteiger partial charge in [-0.25, -0.2) is 4.99 Å². The maximum absolute atomic E-state index is 12.8. The van der Waals surface area contributed by atoms with Crippen LogP contribution in [-0.2, 0) is 12.7 Å². The molecule has 27 heavy (non-hydrogen) atoms. The molecule has 0 unspecified atom stereocenters. The van der Waals surface area contributed by atoms with E-state index in [0.29, 0.717) is 35.3 Å². The zero-order chi connectivity index (χ0) is 19.9. The van der Waals surface area contributed by atoms with Gasteiger partial charge >= 0.3 is 6.18 Å². The first-order chi connectivity index (χ1) is 12.9. The molecule has 2 rings (SSSR count). The van der Waals surface area contributed by atoms with Gasteiger partial charge in [-0.2, -0.15) is 13.2 Å². The fraction of sp³-hybridized carbons (Fsp3) is 0.316. The summed E-state index contributed by atoms with van der Waals surface area (Å²) >= 11 is 0. The van der Waals surface area contributed by atoms with Crippen LogP contribution in [0.1, 0.15) is 18.1 Å². The minimum atomic E-state index is -4.37. The number of alkyl halides is 3. The van der Waals surface area contributed by atoms with E-state index in [1.807, 2.05) is 6.92 Å². The van der Waals surface area contributed by atoms with Crippen molar-refractivity contribution in [2.24, 2.45) is 4.99 Å². The maximum Gasteiger partial charge on any atom is 0.416 e. The number of anilines is 1. The Balaban J connectivity index is 2.17. The first-order valence-electron chi connectivity index (χ1n) is 8.31. The van der Waals surface area contributed by atoms with Crippen LogP contribution in [0.4, 0.5) is 18.9 Å². The second kappa shape index (κ2) is 9.16. The quantitative estimate of drug-likeness (QED) is 0.579. The van der Waals surface area contributed by atoms with Crippen molar-refractivity contribution in [2.75, 3.05) is 26.1 Å². The summed E-state index contributed by atoms with van der Waals surface area (Å²) in [6.07, 6.45) is -4.37. The zero-order valence-corrected chi connectivity index (χ0v) is 15.4. The molecular weight excluding hydrogens is 359 g/mol. The summed E-state index contributed by atoms with van der Waals surface area (Å²) in [6, 6.07) is 10.4. The molecule has 8 heteroatoms. The Morgan fingerprint density at radius 3 is 2.41 bits per heavy atom. The molecule has 146 valence electrons. The summed E-state index contributed by atoms with van der Waals surface area (Å²) in [4.78, 5) is 4.36. The first kappa shape index (κ1) is 20.4. The van der Waals surface area contributed by atoms with Gasteiger partial charge in [-0.3, -0.25) is 0 Å². The molecule has 0 saturated carbocycles. The molecule has 2 N–H and O–H groups in total. The van der Waals surface area contributed by atoms with E-state index < -0.39 is 11.7 Å². The van der Waals surface area contributed by atoms with Crippen molar-refractivity contribution in [2.45, 2.75) is 19.6 Å². The number of halogens is 3. The van der Waals surface area contributed by atoms with Gasteiger partial charge in [0.25, 0.3) is 0 Å². The molecule has 0 aliphatic carbocycles. The lowest BCUT2D eigenvalue weighted by Crippen LogP contribution is -2.30. The van der Waals surface area contributed by atoms with Gasteiger partial charge in [0.15, 0.2) is 17.5 Å². The van der Waals surface area contributed by atoms with Gasteiger partial charge in [0.1, 0.15) is 0 Å². The van der Waals surface area contributed by atoms with Crippen LogP contribution in [0.5, 0.6) is 11.5 Å². The maximum atomic E-state index is 12.8. The number of aliphatic imine (C=N–C) groups is 1. The highest BCUT2D eigenvalue weighted by atomic mass is 19.4. The number of nitrogens with one attached hydrogen (secondary N) is 2. The normalized spacial score (nSPS) is 11.9. The van der Waals surface area contributed by atoms with E-state index in [2.05, 4.69) is 15.6 Å². The van der Waals surface area contributed by atoms with Crippen molar-refractivity contribution in [1.29, 1.82) is 0 Å². The van der Waals surface area contributed by atoms with E-state index in [1.54, 1.807) is 31.4 Å². The molecule has 0 bridgehead atoms. The Morgan fingerprint density at radius 1 is 1.04 bits per heavy atom. The fourth-order valence-corrected chi connectivity index (χ4v) is 2.37. The van der Waals surface area contributed by atoms with E-state index in [-0.39, 0.29) is 6.54 Å². The Bertz CT molecular complexity index is 792. The average Bonchev–Trinajstić information content (AvgIpc) is 2.65. The minimum Gasteiger partial charge on any atom is -0.493 e. The highest BCUT2D eigenvalue weighted by Gasteiger charge is 2.30. The van der Waals surface area contributed by atoms with Gasteiger partial charge in [0.2, 0.25) is 0 Å². The van der Waals surface area contributed by atoms with Crippen LogP contribution in [-0.4, -0.2) is 26.7 Å². The van der Waals surface area contributed by atoms with Gasteiger partial charge < -0.3 is 20.1 Å². The topological polar surface area (TPSA) is 54.9 Å². The standard InChI is InChI=1S/C19H22F3N3O2/c1-4-23-18(25-15-8-9-16(26-2)17(11-15)27-3)24-12-13-6-5-7-14(10-13)19(20,21)22/h5-11H,4,12H2,1-3H3,(H2,23,24,25). The number of hydrogen-bond donors (Lipinski definition) is 2. The van der Waals surface area contributed by atoms with Crippen molar-refractivity contribution in [1.82, 2.24) is 5.32 Å². The molecule has 0 fully saturated rings. The van der Waals surface area contributed by atoms with Gasteiger partial charge in [0, 0.05) is 18.3 Å². The summed E-state index contributed by atoms with van der Waals surface area (Å²) in [5.41, 5.74) is 0.485. The smallest absolute Gasteiger partial charge is 0.416 e. The van der Waals surface area contributed by atoms with Crippen LogP contribution in [0.15, 0.2) is 47.5 Å². The third kappa shape index (κ3) is 5.80. The molecule has 0 spiro atoms. The number of ether oxygens (including phenoxy) is 2. The van der Waals surface area contributed by atoms with Gasteiger partial charge in [-0.1, -0.05) is 12.1 Å². The molecule has 2 aromatic carbocycles. The van der Waals surface area contributed by atoms with Crippen molar-refractivity contribution >= 4 is 11.6 Å². The number of guanidine groups is 1. The number of benzene rings is 2. The van der Waals surface area contributed by atoms with Crippen molar-refractivity contribution in [3.05, 3.63) is 53.6 Å². The number of methoxy groups -OCH3 is 2. The fourth-order valence-electron chi connectivity index (χ4n) is 2.37. The van der Waals surface area contributed by atoms with Gasteiger partial charge in [-0.05, 0) is 36.8 Å². The molecular formula is C19H22F3N3O2. The molecule has 0 heterocycles. The Morgan fingerprint density at radius 2 is 1.78 bits per heavy atom. The van der Waals surface area contributed by atoms with Crippen LogP contribution in [0.25, 0.3) is 0 Å². The van der Waals surface area contributed by atoms with Crippen LogP contribution < -0.4 is 20.1 Å². The molecule has 0 saturated heterocycles. The van der Waals surface area contributed by atoms with E-state index in [9.17, 15) is 13.2 Å². The van der Waals surface area contributed by atoms with Crippen molar-refractivity contribution in [3.63, 3.8) is 0 Å². The molecule has 0 atom stereocenters. The molecule has 0 amide bonds. The molecule has 2 aromatic rings. The predicted octanol–water partition coefficient (Wildman–Crippen LogP) is 4.30. The van der Waals surface area contributed by atoms with Gasteiger partial charge in [-0.15, -0.1) is 0 Å². The molecule has 0 radical (unpaired) electrons. The highest BCUT2D eigenvalue weighted by Crippen LogP contribution is 2.30. The number of rotatable bonds is 6. The minimum absolute atomic E-state index is 0.104. The van der Waals surface area contributed by atoms with Crippen LogP contribution in [0.2, 0.25) is 0 Å². The SMILES string of the molecule is CCNC(=NCc1cccc(C(F)(F)F)c1)Nc1ccc(OC)c(OC)c1. The lowest BCUT2D eigenvalue weighted by molar-refractivity contribution is -0.137. The second-order valence-corrected chi connectivity index (χ2v) is 5.59. The first-order valence-corrected chi connectivity index (χ1v) is 8.31. The summed E-state index contributed by atoms with van der Waals surface area (Å²) in [7, 11) is 3.08. The van der Waals surface area contributed by atoms with Crippen LogP contribution in [0.3, 0.4) is 0 Å². The van der Waals surface area contributed by atoms with E-state index in [0.717, 1.165) is 12.1 Å². The third-order valence-electron chi connectivity index (χ3n) is 3.66. The van der Waals surface area contributed by atoms with E-state index >= 15 is 0 Å². The average molecular weight is 381 g/mol. The Hall–Kier alpha value is -2.90. The summed E-state index contributed by atoms with van der Waals surface area (Å²) in [6.45, 7) is 2.60. The van der Waals surface area contributed by atoms with E-state index in [1.165, 1.54) is 13.2 Å². The van der Waals surface area contributed by atoms with E-state index in [4.69, 9.17) is 9.47 Å². The summed E-state index contributed by atoms with van der Waals surface area (Å²) in [5.74, 6) is 1.59. The number of nitrogens with zero attached hydrogens (tertiary/aromatic N) is 1. The molecule has 0 aliphatic heterocycles. The van der Waals surface area contributed by atoms with Gasteiger partial charge in [0.05, 0.1) is 26.3 Å². The number of hydrogen-bond acceptors (Lipinski definition) is 3. The zero-order valence-electron chi connectivity index (χ0n) is 15.4. The van der Waals surface area contributed by atoms with Crippen LogP contribution >= 0.6 is 0 Å². The summed E-state index contributed by atoms with van der Waals surface area (Å²) < 4.78 is 48.9. The van der Waals surface area contributed by atoms with Crippen LogP contribution in [0, 0.1) is 0 Å². The Labute approximate surface area is 156 Å².